The van der Waals surface area contributed by atoms with Crippen LogP contribution in [0.25, 0.3) is 0 Å². The van der Waals surface area contributed by atoms with Crippen LogP contribution in [0.15, 0.2) is 18.2 Å². The number of nitro benzene ring substituents is 1. The predicted molar refractivity (Wildman–Crippen MR) is 72.1 cm³/mol. The molecule has 20 heavy (non-hydrogen) atoms. The molecule has 1 saturated heterocycles. The van der Waals surface area contributed by atoms with Crippen LogP contribution in [0.3, 0.4) is 0 Å². The van der Waals surface area contributed by atoms with Crippen LogP contribution in [0.5, 0.6) is 0 Å². The predicted octanol–water partition coefficient (Wildman–Crippen LogP) is 0.242. The molecule has 0 aliphatic carbocycles. The molecule has 0 spiro atoms. The van der Waals surface area contributed by atoms with E-state index in [0.717, 1.165) is 0 Å². The van der Waals surface area contributed by atoms with Gasteiger partial charge >= 0.3 is 0 Å². The maximum atomic E-state index is 11.9. The fourth-order valence-corrected chi connectivity index (χ4v) is 2.28. The van der Waals surface area contributed by atoms with Gasteiger partial charge < -0.3 is 15.7 Å². The minimum absolute atomic E-state index is 0.0474. The first-order valence-corrected chi connectivity index (χ1v) is 6.41. The first kappa shape index (κ1) is 14.4. The van der Waals surface area contributed by atoms with Gasteiger partial charge in [0.1, 0.15) is 0 Å². The van der Waals surface area contributed by atoms with Crippen LogP contribution in [0.2, 0.25) is 0 Å². The van der Waals surface area contributed by atoms with E-state index in [2.05, 4.69) is 10.6 Å². The number of carbonyl (C=O) groups excluding carboxylic acids is 1. The Hall–Kier alpha value is -1.99. The van der Waals surface area contributed by atoms with Gasteiger partial charge in [0.05, 0.1) is 17.1 Å². The fraction of sp³-hybridized carbons (Fsp3) is 0.462. The molecule has 1 aromatic carbocycles. The number of hydrogen-bond acceptors (Lipinski definition) is 5. The molecular weight excluding hydrogens is 262 g/mol. The van der Waals surface area contributed by atoms with Crippen LogP contribution in [-0.2, 0) is 11.3 Å². The number of amides is 1. The molecule has 0 aromatic heterocycles. The summed E-state index contributed by atoms with van der Waals surface area (Å²) in [4.78, 5) is 22.3. The smallest absolute Gasteiger partial charge is 0.272 e. The summed E-state index contributed by atoms with van der Waals surface area (Å²) in [6, 6.07) is 4.39. The van der Waals surface area contributed by atoms with Crippen molar-refractivity contribution in [1.29, 1.82) is 0 Å². The van der Waals surface area contributed by atoms with Gasteiger partial charge in [0.25, 0.3) is 5.69 Å². The molecule has 7 heteroatoms. The van der Waals surface area contributed by atoms with Crippen LogP contribution in [0, 0.1) is 17.0 Å². The Morgan fingerprint density at radius 2 is 2.35 bits per heavy atom. The van der Waals surface area contributed by atoms with E-state index in [9.17, 15) is 20.0 Å². The normalized spacial score (nSPS) is 21.7. The monoisotopic (exact) mass is 279 g/mol. The maximum absolute atomic E-state index is 11.9. The van der Waals surface area contributed by atoms with Crippen LogP contribution < -0.4 is 10.6 Å². The van der Waals surface area contributed by atoms with Crippen molar-refractivity contribution in [3.63, 3.8) is 0 Å². The lowest BCUT2D eigenvalue weighted by Crippen LogP contribution is -2.40. The summed E-state index contributed by atoms with van der Waals surface area (Å²) in [5.41, 5.74) is 1.31. The molecule has 0 radical (unpaired) electrons. The molecule has 1 aliphatic heterocycles. The Kier molecular flexibility index (Phi) is 4.31. The van der Waals surface area contributed by atoms with Crippen molar-refractivity contribution in [3.05, 3.63) is 39.4 Å². The first-order chi connectivity index (χ1) is 9.49. The molecule has 1 fully saturated rings. The summed E-state index contributed by atoms with van der Waals surface area (Å²) in [7, 11) is 0. The molecule has 1 heterocycles. The Labute approximate surface area is 116 Å². The fourth-order valence-electron chi connectivity index (χ4n) is 2.28. The van der Waals surface area contributed by atoms with Crippen molar-refractivity contribution < 1.29 is 14.8 Å². The zero-order valence-corrected chi connectivity index (χ0v) is 11.1. The highest BCUT2D eigenvalue weighted by molar-refractivity contribution is 5.82. The second-order valence-electron chi connectivity index (χ2n) is 4.89. The van der Waals surface area contributed by atoms with E-state index >= 15 is 0 Å². The highest BCUT2D eigenvalue weighted by Crippen LogP contribution is 2.20. The Morgan fingerprint density at radius 1 is 1.60 bits per heavy atom. The van der Waals surface area contributed by atoms with Gasteiger partial charge in [-0.2, -0.15) is 0 Å². The zero-order valence-electron chi connectivity index (χ0n) is 11.1. The minimum Gasteiger partial charge on any atom is -0.392 e. The number of aliphatic hydroxyl groups is 1. The Bertz CT molecular complexity index is 532. The van der Waals surface area contributed by atoms with Gasteiger partial charge in [-0.3, -0.25) is 14.9 Å². The van der Waals surface area contributed by atoms with E-state index in [0.29, 0.717) is 24.1 Å². The van der Waals surface area contributed by atoms with E-state index in [1.807, 2.05) is 0 Å². The SMILES string of the molecule is Cc1c(CNC(=O)C2CC(O)CN2)cccc1[N+](=O)[O-]. The summed E-state index contributed by atoms with van der Waals surface area (Å²) in [6.07, 6.45) is -0.106. The summed E-state index contributed by atoms with van der Waals surface area (Å²) in [5, 5.41) is 25.8. The molecule has 1 aliphatic rings. The number of benzene rings is 1. The standard InChI is InChI=1S/C13H17N3O4/c1-8-9(3-2-4-12(8)16(19)20)6-15-13(18)11-5-10(17)7-14-11/h2-4,10-11,14,17H,5-7H2,1H3,(H,15,18). The average Bonchev–Trinajstić information content (AvgIpc) is 2.83. The number of β-amino-alcohol motifs (C(OH)–C–C–N with tert-alkyl or cyclic N) is 1. The summed E-state index contributed by atoms with van der Waals surface area (Å²) >= 11 is 0. The molecule has 0 saturated carbocycles. The summed E-state index contributed by atoms with van der Waals surface area (Å²) < 4.78 is 0. The van der Waals surface area contributed by atoms with Gasteiger partial charge in [-0.1, -0.05) is 12.1 Å². The van der Waals surface area contributed by atoms with Crippen LogP contribution in [0.1, 0.15) is 17.5 Å². The Balaban J connectivity index is 1.99. The molecule has 1 aromatic rings. The molecule has 7 nitrogen and oxygen atoms in total. The number of hydrogen-bond donors (Lipinski definition) is 3. The van der Waals surface area contributed by atoms with Gasteiger partial charge in [-0.25, -0.2) is 0 Å². The van der Waals surface area contributed by atoms with Crippen molar-refractivity contribution in [3.8, 4) is 0 Å². The molecule has 108 valence electrons. The minimum atomic E-state index is -0.495. The highest BCUT2D eigenvalue weighted by Gasteiger charge is 2.27. The average molecular weight is 279 g/mol. The topological polar surface area (TPSA) is 104 Å². The Morgan fingerprint density at radius 3 is 2.95 bits per heavy atom. The molecule has 0 bridgehead atoms. The highest BCUT2D eigenvalue weighted by atomic mass is 16.6. The van der Waals surface area contributed by atoms with E-state index < -0.39 is 17.1 Å². The van der Waals surface area contributed by atoms with Crippen molar-refractivity contribution in [2.24, 2.45) is 0 Å². The van der Waals surface area contributed by atoms with Gasteiger partial charge in [-0.05, 0) is 18.9 Å². The van der Waals surface area contributed by atoms with Crippen LogP contribution in [-0.4, -0.2) is 34.6 Å². The molecule has 1 amide bonds. The largest absolute Gasteiger partial charge is 0.392 e. The second-order valence-corrected chi connectivity index (χ2v) is 4.89. The number of nitrogens with one attached hydrogen (secondary N) is 2. The lowest BCUT2D eigenvalue weighted by molar-refractivity contribution is -0.385. The van der Waals surface area contributed by atoms with Crippen LogP contribution >= 0.6 is 0 Å². The third-order valence-corrected chi connectivity index (χ3v) is 3.49. The van der Waals surface area contributed by atoms with E-state index in [-0.39, 0.29) is 18.1 Å². The third kappa shape index (κ3) is 3.12. The number of rotatable bonds is 4. The molecular formula is C13H17N3O4. The molecule has 2 unspecified atom stereocenters. The van der Waals surface area contributed by atoms with E-state index in [1.165, 1.54) is 6.07 Å². The van der Waals surface area contributed by atoms with E-state index in [4.69, 9.17) is 0 Å². The van der Waals surface area contributed by atoms with Gasteiger partial charge in [0.2, 0.25) is 5.91 Å². The number of aliphatic hydroxyl groups excluding tert-OH is 1. The lowest BCUT2D eigenvalue weighted by atomic mass is 10.1. The number of carbonyl (C=O) groups is 1. The number of nitro groups is 1. The lowest BCUT2D eigenvalue weighted by Gasteiger charge is -2.12. The van der Waals surface area contributed by atoms with Crippen molar-refractivity contribution in [1.82, 2.24) is 10.6 Å². The van der Waals surface area contributed by atoms with Crippen molar-refractivity contribution >= 4 is 11.6 Å². The molecule has 3 N–H and O–H groups in total. The summed E-state index contributed by atoms with van der Waals surface area (Å²) in [6.45, 7) is 2.31. The van der Waals surface area contributed by atoms with Gasteiger partial charge in [-0.15, -0.1) is 0 Å². The first-order valence-electron chi connectivity index (χ1n) is 6.41. The summed E-state index contributed by atoms with van der Waals surface area (Å²) in [5.74, 6) is -0.201. The second kappa shape index (κ2) is 5.98. The third-order valence-electron chi connectivity index (χ3n) is 3.49. The van der Waals surface area contributed by atoms with Gasteiger partial charge in [0, 0.05) is 24.7 Å². The maximum Gasteiger partial charge on any atom is 0.272 e. The van der Waals surface area contributed by atoms with E-state index in [1.54, 1.807) is 19.1 Å². The van der Waals surface area contributed by atoms with Crippen molar-refractivity contribution in [2.75, 3.05) is 6.54 Å². The molecule has 2 rings (SSSR count). The van der Waals surface area contributed by atoms with Gasteiger partial charge in [0.15, 0.2) is 0 Å². The quantitative estimate of drug-likeness (QED) is 0.541. The number of nitrogens with zero attached hydrogens (tertiary/aromatic N) is 1. The zero-order chi connectivity index (χ0) is 14.7. The van der Waals surface area contributed by atoms with Crippen molar-refractivity contribution in [2.45, 2.75) is 32.0 Å². The molecule has 2 atom stereocenters. The van der Waals surface area contributed by atoms with Crippen LogP contribution in [0.4, 0.5) is 5.69 Å².